The van der Waals surface area contributed by atoms with Crippen molar-refractivity contribution in [3.63, 3.8) is 0 Å². The molecule has 2 rings (SSSR count). The highest BCUT2D eigenvalue weighted by atomic mass is 16.5. The molecule has 0 aromatic carbocycles. The van der Waals surface area contributed by atoms with Gasteiger partial charge in [-0.25, -0.2) is 4.98 Å². The molecule has 0 saturated heterocycles. The lowest BCUT2D eigenvalue weighted by atomic mass is 10.2. The van der Waals surface area contributed by atoms with Gasteiger partial charge in [-0.1, -0.05) is 11.2 Å². The van der Waals surface area contributed by atoms with Crippen LogP contribution >= 0.6 is 0 Å². The second-order valence-electron chi connectivity index (χ2n) is 4.01. The third-order valence-corrected chi connectivity index (χ3v) is 2.51. The van der Waals surface area contributed by atoms with Crippen LogP contribution in [0.3, 0.4) is 0 Å². The Bertz CT molecular complexity index is 512. The first-order valence-electron chi connectivity index (χ1n) is 5.73. The predicted molar refractivity (Wildman–Crippen MR) is 65.7 cm³/mol. The molecule has 0 aliphatic rings. The average molecular weight is 248 g/mol. The molecule has 1 atom stereocenters. The van der Waals surface area contributed by atoms with E-state index in [2.05, 4.69) is 15.1 Å². The zero-order valence-corrected chi connectivity index (χ0v) is 10.5. The quantitative estimate of drug-likeness (QED) is 0.862. The molecule has 0 bridgehead atoms. The van der Waals surface area contributed by atoms with Gasteiger partial charge in [-0.15, -0.1) is 0 Å². The molecular weight excluding hydrogens is 232 g/mol. The van der Waals surface area contributed by atoms with Crippen LogP contribution in [0.1, 0.15) is 24.0 Å². The van der Waals surface area contributed by atoms with Gasteiger partial charge in [0.1, 0.15) is 5.69 Å². The highest BCUT2D eigenvalue weighted by Gasteiger charge is 2.16. The van der Waals surface area contributed by atoms with Crippen molar-refractivity contribution in [1.82, 2.24) is 15.1 Å². The van der Waals surface area contributed by atoms with Crippen LogP contribution in [-0.2, 0) is 4.74 Å². The Hall–Kier alpha value is -1.79. The van der Waals surface area contributed by atoms with Gasteiger partial charge < -0.3 is 15.0 Å². The molecule has 1 unspecified atom stereocenters. The fraction of sp³-hybridized carbons (Fsp3) is 0.417. The molecule has 0 aliphatic heterocycles. The number of rotatable bonds is 5. The van der Waals surface area contributed by atoms with Crippen molar-refractivity contribution in [2.75, 3.05) is 13.7 Å². The first kappa shape index (κ1) is 12.7. The lowest BCUT2D eigenvalue weighted by molar-refractivity contribution is 0.182. The molecule has 2 aromatic heterocycles. The lowest BCUT2D eigenvalue weighted by Crippen LogP contribution is -2.13. The molecule has 18 heavy (non-hydrogen) atoms. The van der Waals surface area contributed by atoms with E-state index in [0.29, 0.717) is 30.4 Å². The van der Waals surface area contributed by atoms with Crippen LogP contribution in [0.25, 0.3) is 11.5 Å². The fourth-order valence-corrected chi connectivity index (χ4v) is 1.53. The van der Waals surface area contributed by atoms with E-state index in [1.807, 2.05) is 25.1 Å². The van der Waals surface area contributed by atoms with Crippen molar-refractivity contribution in [1.29, 1.82) is 0 Å². The number of aryl methyl sites for hydroxylation is 1. The van der Waals surface area contributed by atoms with Gasteiger partial charge >= 0.3 is 0 Å². The molecule has 2 heterocycles. The number of ether oxygens (including phenoxy) is 1. The topological polar surface area (TPSA) is 87.1 Å². The lowest BCUT2D eigenvalue weighted by Gasteiger charge is -2.04. The van der Waals surface area contributed by atoms with E-state index in [-0.39, 0.29) is 6.04 Å². The molecule has 0 spiro atoms. The van der Waals surface area contributed by atoms with E-state index >= 15 is 0 Å². The van der Waals surface area contributed by atoms with Gasteiger partial charge in [0.15, 0.2) is 0 Å². The maximum absolute atomic E-state index is 5.91. The minimum absolute atomic E-state index is 0.309. The Morgan fingerprint density at radius 3 is 2.94 bits per heavy atom. The predicted octanol–water partition coefficient (Wildman–Crippen LogP) is 1.48. The summed E-state index contributed by atoms with van der Waals surface area (Å²) in [5.74, 6) is 0.868. The molecule has 0 aliphatic carbocycles. The Labute approximate surface area is 105 Å². The summed E-state index contributed by atoms with van der Waals surface area (Å²) in [5.41, 5.74) is 7.50. The van der Waals surface area contributed by atoms with Crippen molar-refractivity contribution in [2.24, 2.45) is 5.73 Å². The summed E-state index contributed by atoms with van der Waals surface area (Å²) < 4.78 is 10.1. The second-order valence-corrected chi connectivity index (χ2v) is 4.01. The highest BCUT2D eigenvalue weighted by molar-refractivity contribution is 5.48. The Morgan fingerprint density at radius 2 is 2.22 bits per heavy atom. The molecule has 96 valence electrons. The molecule has 0 radical (unpaired) electrons. The van der Waals surface area contributed by atoms with Crippen molar-refractivity contribution in [3.8, 4) is 11.5 Å². The third-order valence-electron chi connectivity index (χ3n) is 2.51. The minimum atomic E-state index is -0.309. The van der Waals surface area contributed by atoms with Gasteiger partial charge in [-0.05, 0) is 25.5 Å². The van der Waals surface area contributed by atoms with Gasteiger partial charge in [-0.3, -0.25) is 0 Å². The van der Waals surface area contributed by atoms with Gasteiger partial charge in [0, 0.05) is 19.4 Å². The molecule has 0 amide bonds. The summed E-state index contributed by atoms with van der Waals surface area (Å²) in [5, 5.41) is 3.89. The normalized spacial score (nSPS) is 12.6. The van der Waals surface area contributed by atoms with Gasteiger partial charge in [-0.2, -0.15) is 4.98 Å². The number of pyridine rings is 1. The molecule has 2 aromatic rings. The Balaban J connectivity index is 2.15. The first-order valence-corrected chi connectivity index (χ1v) is 5.73. The van der Waals surface area contributed by atoms with Crippen LogP contribution in [0.2, 0.25) is 0 Å². The second kappa shape index (κ2) is 5.70. The summed E-state index contributed by atoms with van der Waals surface area (Å²) in [6.45, 7) is 2.47. The van der Waals surface area contributed by atoms with Gasteiger partial charge in [0.2, 0.25) is 11.7 Å². The summed E-state index contributed by atoms with van der Waals surface area (Å²) >= 11 is 0. The van der Waals surface area contributed by atoms with Crippen molar-refractivity contribution >= 4 is 0 Å². The maximum atomic E-state index is 5.91. The number of hydrogen-bond acceptors (Lipinski definition) is 6. The van der Waals surface area contributed by atoms with Crippen LogP contribution in [0, 0.1) is 6.92 Å². The standard InChI is InChI=1S/C12H16N4O2/c1-8-4-3-5-10(14-8)11-15-12(18-16-11)9(13)6-7-17-2/h3-5,9H,6-7,13H2,1-2H3. The van der Waals surface area contributed by atoms with E-state index < -0.39 is 0 Å². The largest absolute Gasteiger partial charge is 0.385 e. The van der Waals surface area contributed by atoms with Crippen molar-refractivity contribution in [3.05, 3.63) is 29.8 Å². The summed E-state index contributed by atoms with van der Waals surface area (Å²) in [6.07, 6.45) is 0.638. The van der Waals surface area contributed by atoms with Crippen LogP contribution in [0.4, 0.5) is 0 Å². The van der Waals surface area contributed by atoms with E-state index in [4.69, 9.17) is 15.0 Å². The van der Waals surface area contributed by atoms with E-state index in [9.17, 15) is 0 Å². The maximum Gasteiger partial charge on any atom is 0.244 e. The zero-order chi connectivity index (χ0) is 13.0. The van der Waals surface area contributed by atoms with Crippen LogP contribution in [-0.4, -0.2) is 28.8 Å². The van der Waals surface area contributed by atoms with E-state index in [1.54, 1.807) is 7.11 Å². The average Bonchev–Trinajstić information content (AvgIpc) is 2.85. The molecule has 6 heteroatoms. The van der Waals surface area contributed by atoms with Crippen LogP contribution in [0.5, 0.6) is 0 Å². The summed E-state index contributed by atoms with van der Waals surface area (Å²) in [7, 11) is 1.63. The Morgan fingerprint density at radius 1 is 1.39 bits per heavy atom. The summed E-state index contributed by atoms with van der Waals surface area (Å²) in [4.78, 5) is 8.58. The molecule has 6 nitrogen and oxygen atoms in total. The highest BCUT2D eigenvalue weighted by Crippen LogP contribution is 2.17. The monoisotopic (exact) mass is 248 g/mol. The fourth-order valence-electron chi connectivity index (χ4n) is 1.53. The minimum Gasteiger partial charge on any atom is -0.385 e. The summed E-state index contributed by atoms with van der Waals surface area (Å²) in [6, 6.07) is 5.34. The number of nitrogens with zero attached hydrogens (tertiary/aromatic N) is 3. The molecule has 0 saturated carbocycles. The third kappa shape index (κ3) is 2.91. The first-order chi connectivity index (χ1) is 8.70. The molecular formula is C12H16N4O2. The number of aromatic nitrogens is 3. The number of methoxy groups -OCH3 is 1. The van der Waals surface area contributed by atoms with Gasteiger partial charge in [0.05, 0.1) is 6.04 Å². The van der Waals surface area contributed by atoms with E-state index in [1.165, 1.54) is 0 Å². The van der Waals surface area contributed by atoms with Crippen molar-refractivity contribution in [2.45, 2.75) is 19.4 Å². The SMILES string of the molecule is COCCC(N)c1nc(-c2cccc(C)n2)no1. The Kier molecular flexibility index (Phi) is 4.01. The van der Waals surface area contributed by atoms with Crippen LogP contribution in [0.15, 0.2) is 22.7 Å². The van der Waals surface area contributed by atoms with E-state index in [0.717, 1.165) is 5.69 Å². The smallest absolute Gasteiger partial charge is 0.244 e. The number of nitrogens with two attached hydrogens (primary N) is 1. The molecule has 2 N–H and O–H groups in total. The number of hydrogen-bond donors (Lipinski definition) is 1. The van der Waals surface area contributed by atoms with Crippen LogP contribution < -0.4 is 5.73 Å². The zero-order valence-electron chi connectivity index (χ0n) is 10.5. The molecule has 0 fully saturated rings. The van der Waals surface area contributed by atoms with Gasteiger partial charge in [0.25, 0.3) is 0 Å². The van der Waals surface area contributed by atoms with Crippen molar-refractivity contribution < 1.29 is 9.26 Å².